The van der Waals surface area contributed by atoms with Crippen molar-refractivity contribution in [3.63, 3.8) is 0 Å². The number of hydrogen-bond donors (Lipinski definition) is 2. The summed E-state index contributed by atoms with van der Waals surface area (Å²) in [5.74, 6) is 1.18. The van der Waals surface area contributed by atoms with E-state index < -0.39 is 0 Å². The van der Waals surface area contributed by atoms with Crippen molar-refractivity contribution in [2.24, 2.45) is 16.4 Å². The molecule has 5 nitrogen and oxygen atoms in total. The van der Waals surface area contributed by atoms with Crippen LogP contribution in [0.25, 0.3) is 0 Å². The largest absolute Gasteiger partial charge is 0.495 e. The zero-order valence-corrected chi connectivity index (χ0v) is 14.5. The summed E-state index contributed by atoms with van der Waals surface area (Å²) in [5.41, 5.74) is 4.80. The number of hydrazone groups is 1. The maximum absolute atomic E-state index is 12.0. The van der Waals surface area contributed by atoms with E-state index in [4.69, 9.17) is 4.74 Å². The molecule has 1 aliphatic carbocycles. The smallest absolute Gasteiger partial charge is 0.259 e. The Morgan fingerprint density at radius 3 is 2.83 bits per heavy atom. The van der Waals surface area contributed by atoms with Crippen molar-refractivity contribution >= 4 is 17.3 Å². The molecule has 0 radical (unpaired) electrons. The molecule has 1 unspecified atom stereocenters. The molecule has 0 spiro atoms. The molecule has 1 saturated carbocycles. The van der Waals surface area contributed by atoms with Crippen molar-refractivity contribution in [1.82, 2.24) is 5.43 Å². The monoisotopic (exact) mass is 317 g/mol. The van der Waals surface area contributed by atoms with E-state index >= 15 is 0 Å². The van der Waals surface area contributed by atoms with Crippen LogP contribution >= 0.6 is 0 Å². The molecule has 23 heavy (non-hydrogen) atoms. The Morgan fingerprint density at radius 2 is 2.13 bits per heavy atom. The average molecular weight is 317 g/mol. The average Bonchev–Trinajstić information content (AvgIpc) is 2.49. The highest BCUT2D eigenvalue weighted by Crippen LogP contribution is 2.36. The zero-order chi connectivity index (χ0) is 16.9. The van der Waals surface area contributed by atoms with Crippen molar-refractivity contribution in [2.75, 3.05) is 19.0 Å². The van der Waals surface area contributed by atoms with Gasteiger partial charge in [0.05, 0.1) is 19.3 Å². The van der Waals surface area contributed by atoms with E-state index in [1.807, 2.05) is 24.3 Å². The Labute approximate surface area is 138 Å². The number of carbonyl (C=O) groups excluding carboxylic acids is 1. The predicted molar refractivity (Wildman–Crippen MR) is 93.9 cm³/mol. The van der Waals surface area contributed by atoms with Crippen LogP contribution < -0.4 is 15.5 Å². The fourth-order valence-electron chi connectivity index (χ4n) is 3.35. The minimum atomic E-state index is -0.153. The lowest BCUT2D eigenvalue weighted by molar-refractivity contribution is -0.119. The number of para-hydroxylation sites is 2. The van der Waals surface area contributed by atoms with Gasteiger partial charge in [-0.3, -0.25) is 4.79 Å². The van der Waals surface area contributed by atoms with Gasteiger partial charge in [-0.2, -0.15) is 5.10 Å². The fourth-order valence-corrected chi connectivity index (χ4v) is 3.35. The van der Waals surface area contributed by atoms with Crippen molar-refractivity contribution in [2.45, 2.75) is 40.0 Å². The molecule has 1 amide bonds. The third kappa shape index (κ3) is 5.27. The molecular formula is C18H27N3O2. The maximum Gasteiger partial charge on any atom is 0.259 e. The summed E-state index contributed by atoms with van der Waals surface area (Å²) in [6.45, 7) is 6.91. The van der Waals surface area contributed by atoms with Crippen LogP contribution in [0.3, 0.4) is 0 Å². The third-order valence-electron chi connectivity index (χ3n) is 4.05. The van der Waals surface area contributed by atoms with E-state index in [1.54, 1.807) is 7.11 Å². The fraction of sp³-hybridized carbons (Fsp3) is 0.556. The predicted octanol–water partition coefficient (Wildman–Crippen LogP) is 3.43. The summed E-state index contributed by atoms with van der Waals surface area (Å²) in [4.78, 5) is 12.0. The first kappa shape index (κ1) is 17.3. The van der Waals surface area contributed by atoms with Crippen molar-refractivity contribution in [3.8, 4) is 5.75 Å². The Hall–Kier alpha value is -2.04. The molecular weight excluding hydrogens is 290 g/mol. The lowest BCUT2D eigenvalue weighted by atomic mass is 9.72. The molecule has 0 aliphatic heterocycles. The first-order chi connectivity index (χ1) is 10.9. The summed E-state index contributed by atoms with van der Waals surface area (Å²) in [6.07, 6.45) is 3.11. The Kier molecular flexibility index (Phi) is 5.64. The van der Waals surface area contributed by atoms with Gasteiger partial charge in [0, 0.05) is 5.71 Å². The van der Waals surface area contributed by atoms with Crippen molar-refractivity contribution in [1.29, 1.82) is 0 Å². The van der Waals surface area contributed by atoms with E-state index in [0.717, 1.165) is 30.0 Å². The van der Waals surface area contributed by atoms with Crippen molar-refractivity contribution < 1.29 is 9.53 Å². The summed E-state index contributed by atoms with van der Waals surface area (Å²) in [5, 5.41) is 7.40. The first-order valence-corrected chi connectivity index (χ1v) is 8.11. The molecule has 1 aromatic rings. The van der Waals surface area contributed by atoms with E-state index in [2.05, 4.69) is 36.6 Å². The van der Waals surface area contributed by atoms with E-state index in [1.165, 1.54) is 6.42 Å². The van der Waals surface area contributed by atoms with E-state index in [9.17, 15) is 4.79 Å². The number of ether oxygens (including phenoxy) is 1. The Bertz CT molecular complexity index is 581. The summed E-state index contributed by atoms with van der Waals surface area (Å²) in [7, 11) is 1.61. The molecule has 1 atom stereocenters. The second-order valence-corrected chi connectivity index (χ2v) is 7.12. The van der Waals surface area contributed by atoms with Crippen LogP contribution in [-0.2, 0) is 4.79 Å². The van der Waals surface area contributed by atoms with Gasteiger partial charge in [0.15, 0.2) is 0 Å². The van der Waals surface area contributed by atoms with Gasteiger partial charge in [0.2, 0.25) is 0 Å². The summed E-state index contributed by atoms with van der Waals surface area (Å²) >= 11 is 0. The van der Waals surface area contributed by atoms with Crippen LogP contribution in [0.1, 0.15) is 40.0 Å². The second kappa shape index (κ2) is 7.49. The molecule has 1 aliphatic rings. The van der Waals surface area contributed by atoms with Crippen LogP contribution in [0.2, 0.25) is 0 Å². The lowest BCUT2D eigenvalue weighted by Crippen LogP contribution is -2.31. The van der Waals surface area contributed by atoms with Gasteiger partial charge < -0.3 is 10.1 Å². The van der Waals surface area contributed by atoms with Gasteiger partial charge in [0.1, 0.15) is 5.75 Å². The van der Waals surface area contributed by atoms with Crippen LogP contribution in [0.15, 0.2) is 29.4 Å². The number of amides is 1. The number of nitrogens with zero attached hydrogens (tertiary/aromatic N) is 1. The molecule has 5 heteroatoms. The first-order valence-electron chi connectivity index (χ1n) is 8.11. The molecule has 0 aromatic heterocycles. The highest BCUT2D eigenvalue weighted by atomic mass is 16.5. The third-order valence-corrected chi connectivity index (χ3v) is 4.05. The maximum atomic E-state index is 12.0. The second-order valence-electron chi connectivity index (χ2n) is 7.12. The van der Waals surface area contributed by atoms with Crippen LogP contribution in [-0.4, -0.2) is 25.3 Å². The van der Waals surface area contributed by atoms with Gasteiger partial charge in [-0.15, -0.1) is 0 Å². The van der Waals surface area contributed by atoms with Gasteiger partial charge in [0.25, 0.3) is 5.91 Å². The molecule has 0 saturated heterocycles. The summed E-state index contributed by atoms with van der Waals surface area (Å²) in [6, 6.07) is 7.52. The van der Waals surface area contributed by atoms with E-state index in [-0.39, 0.29) is 17.9 Å². The number of nitrogens with one attached hydrogen (secondary N) is 2. The molecule has 0 bridgehead atoms. The molecule has 1 fully saturated rings. The van der Waals surface area contributed by atoms with E-state index in [0.29, 0.717) is 5.92 Å². The van der Waals surface area contributed by atoms with Crippen LogP contribution in [0, 0.1) is 11.3 Å². The molecule has 126 valence electrons. The van der Waals surface area contributed by atoms with Gasteiger partial charge >= 0.3 is 0 Å². The number of hydrogen-bond acceptors (Lipinski definition) is 4. The molecule has 2 rings (SSSR count). The lowest BCUT2D eigenvalue weighted by Gasteiger charge is -2.34. The van der Waals surface area contributed by atoms with Crippen LogP contribution in [0.4, 0.5) is 5.69 Å². The van der Waals surface area contributed by atoms with Gasteiger partial charge in [-0.1, -0.05) is 32.9 Å². The summed E-state index contributed by atoms with van der Waals surface area (Å²) < 4.78 is 5.25. The van der Waals surface area contributed by atoms with Gasteiger partial charge in [-0.25, -0.2) is 5.43 Å². The minimum Gasteiger partial charge on any atom is -0.495 e. The Balaban J connectivity index is 1.86. The number of carbonyl (C=O) groups is 1. The quantitative estimate of drug-likeness (QED) is 0.818. The standard InChI is InChI=1S/C18H27N3O2/c1-13-9-14(11-18(2,3)10-13)20-21-17(22)12-19-15-7-5-6-8-16(15)23-4/h5-8,13,19H,9-12H2,1-4H3,(H,21,22). The number of rotatable bonds is 5. The highest BCUT2D eigenvalue weighted by molar-refractivity contribution is 5.88. The number of methoxy groups -OCH3 is 1. The van der Waals surface area contributed by atoms with Crippen molar-refractivity contribution in [3.05, 3.63) is 24.3 Å². The molecule has 0 heterocycles. The SMILES string of the molecule is COc1ccccc1NCC(=O)NN=C1CC(C)CC(C)(C)C1. The normalized spacial score (nSPS) is 21.7. The molecule has 1 aromatic carbocycles. The Morgan fingerprint density at radius 1 is 1.39 bits per heavy atom. The number of anilines is 1. The molecule has 2 N–H and O–H groups in total. The highest BCUT2D eigenvalue weighted by Gasteiger charge is 2.29. The minimum absolute atomic E-state index is 0.153. The zero-order valence-electron chi connectivity index (χ0n) is 14.5. The number of benzene rings is 1. The topological polar surface area (TPSA) is 62.7 Å². The van der Waals surface area contributed by atoms with Crippen LogP contribution in [0.5, 0.6) is 5.75 Å². The van der Waals surface area contributed by atoms with Gasteiger partial charge in [-0.05, 0) is 42.7 Å².